The van der Waals surface area contributed by atoms with Gasteiger partial charge in [0.25, 0.3) is 0 Å². The van der Waals surface area contributed by atoms with Crippen LogP contribution in [0.25, 0.3) is 0 Å². The van der Waals surface area contributed by atoms with Gasteiger partial charge in [0.15, 0.2) is 6.10 Å². The number of unbranched alkanes of at least 4 members (excludes halogenated alkanes) is 29. The van der Waals surface area contributed by atoms with E-state index in [4.69, 9.17) is 24.3 Å². The maximum atomic E-state index is 12.6. The zero-order valence-electron chi connectivity index (χ0n) is 37.8. The van der Waals surface area contributed by atoms with Crippen molar-refractivity contribution < 1.29 is 37.6 Å². The first kappa shape index (κ1) is 56.5. The predicted molar refractivity (Wildman–Crippen MR) is 243 cm³/mol. The van der Waals surface area contributed by atoms with Gasteiger partial charge in [0.2, 0.25) is 0 Å². The number of rotatable bonds is 46. The molecule has 1 unspecified atom stereocenters. The Morgan fingerprint density at radius 2 is 0.914 bits per heavy atom. The van der Waals surface area contributed by atoms with Gasteiger partial charge >= 0.3 is 19.8 Å². The molecular formula is C48H92NO8P. The zero-order valence-corrected chi connectivity index (χ0v) is 38.7. The normalized spacial score (nSPS) is 13.4. The summed E-state index contributed by atoms with van der Waals surface area (Å²) in [6.45, 7) is 3.71. The van der Waals surface area contributed by atoms with Gasteiger partial charge in [0.05, 0.1) is 13.2 Å². The van der Waals surface area contributed by atoms with Crippen molar-refractivity contribution in [2.75, 3.05) is 26.4 Å². The van der Waals surface area contributed by atoms with Gasteiger partial charge in [-0.3, -0.25) is 18.6 Å². The van der Waals surface area contributed by atoms with Crippen LogP contribution in [0.3, 0.4) is 0 Å². The molecule has 0 aromatic rings. The third-order valence-electron chi connectivity index (χ3n) is 10.6. The second-order valence-corrected chi connectivity index (χ2v) is 17.8. The van der Waals surface area contributed by atoms with Crippen molar-refractivity contribution in [3.63, 3.8) is 0 Å². The molecule has 3 N–H and O–H groups in total. The maximum absolute atomic E-state index is 12.6. The summed E-state index contributed by atoms with van der Waals surface area (Å²) in [6, 6.07) is 0. The number of ether oxygens (including phenoxy) is 2. The van der Waals surface area contributed by atoms with Gasteiger partial charge in [-0.1, -0.05) is 212 Å². The first-order chi connectivity index (χ1) is 28.3. The van der Waals surface area contributed by atoms with Crippen LogP contribution in [-0.2, 0) is 32.7 Å². The van der Waals surface area contributed by atoms with Crippen molar-refractivity contribution in [3.8, 4) is 0 Å². The van der Waals surface area contributed by atoms with Crippen LogP contribution in [0.4, 0.5) is 0 Å². The fraction of sp³-hybridized carbons (Fsp3) is 0.875. The van der Waals surface area contributed by atoms with E-state index >= 15 is 0 Å². The summed E-state index contributed by atoms with van der Waals surface area (Å²) in [4.78, 5) is 34.9. The van der Waals surface area contributed by atoms with Crippen LogP contribution in [0.2, 0.25) is 0 Å². The third-order valence-corrected chi connectivity index (χ3v) is 11.6. The highest BCUT2D eigenvalue weighted by Crippen LogP contribution is 2.43. The number of allylic oxidation sites excluding steroid dienone is 4. The fourth-order valence-corrected chi connectivity index (χ4v) is 7.71. The Morgan fingerprint density at radius 1 is 0.517 bits per heavy atom. The molecule has 10 heteroatoms. The molecule has 0 amide bonds. The van der Waals surface area contributed by atoms with Gasteiger partial charge in [-0.05, 0) is 38.5 Å². The van der Waals surface area contributed by atoms with E-state index in [0.29, 0.717) is 6.42 Å². The average Bonchev–Trinajstić information content (AvgIpc) is 3.21. The molecule has 0 bridgehead atoms. The van der Waals surface area contributed by atoms with E-state index in [1.54, 1.807) is 0 Å². The lowest BCUT2D eigenvalue weighted by atomic mass is 10.0. The molecule has 0 aromatic heterocycles. The fourth-order valence-electron chi connectivity index (χ4n) is 6.95. The van der Waals surface area contributed by atoms with Crippen LogP contribution in [0.5, 0.6) is 0 Å². The van der Waals surface area contributed by atoms with Crippen LogP contribution in [0.15, 0.2) is 24.3 Å². The van der Waals surface area contributed by atoms with Crippen LogP contribution in [0.1, 0.15) is 239 Å². The molecule has 0 heterocycles. The standard InChI is InChI=1S/C48H92NO8P/c1-3-5-7-9-11-13-15-17-19-20-21-22-23-24-25-26-27-29-31-33-35-37-39-41-48(51)57-46(45-56-58(52,53)55-43-42-49)44-54-47(50)40-38-36-34-32-30-28-18-16-14-12-10-8-6-4-2/h10,12,16,18,46H,3-9,11,13-15,17,19-45,49H2,1-2H3,(H,52,53)/b12-10+,18-16+/t46-/m1/s1. The minimum atomic E-state index is -4.38. The van der Waals surface area contributed by atoms with Crippen LogP contribution in [-0.4, -0.2) is 49.3 Å². The first-order valence-electron chi connectivity index (χ1n) is 24.3. The number of hydrogen-bond acceptors (Lipinski definition) is 8. The summed E-state index contributed by atoms with van der Waals surface area (Å²) >= 11 is 0. The topological polar surface area (TPSA) is 134 Å². The van der Waals surface area contributed by atoms with Gasteiger partial charge in [0.1, 0.15) is 6.61 Å². The van der Waals surface area contributed by atoms with E-state index in [-0.39, 0.29) is 32.6 Å². The zero-order chi connectivity index (χ0) is 42.5. The number of hydrogen-bond donors (Lipinski definition) is 2. The Balaban J connectivity index is 4.01. The smallest absolute Gasteiger partial charge is 0.462 e. The summed E-state index contributed by atoms with van der Waals surface area (Å²) in [7, 11) is -4.38. The molecule has 0 aliphatic heterocycles. The molecule has 0 aromatic carbocycles. The maximum Gasteiger partial charge on any atom is 0.472 e. The lowest BCUT2D eigenvalue weighted by Gasteiger charge is -2.19. The molecule has 0 fully saturated rings. The van der Waals surface area contributed by atoms with E-state index < -0.39 is 32.5 Å². The molecule has 2 atom stereocenters. The largest absolute Gasteiger partial charge is 0.472 e. The second-order valence-electron chi connectivity index (χ2n) is 16.3. The van der Waals surface area contributed by atoms with E-state index in [2.05, 4.69) is 38.2 Å². The van der Waals surface area contributed by atoms with E-state index in [9.17, 15) is 19.0 Å². The van der Waals surface area contributed by atoms with Crippen LogP contribution < -0.4 is 5.73 Å². The van der Waals surface area contributed by atoms with Gasteiger partial charge in [0, 0.05) is 19.4 Å². The highest BCUT2D eigenvalue weighted by Gasteiger charge is 2.26. The molecule has 58 heavy (non-hydrogen) atoms. The molecule has 0 spiro atoms. The minimum absolute atomic E-state index is 0.0532. The third kappa shape index (κ3) is 44.1. The quantitative estimate of drug-likeness (QED) is 0.0266. The highest BCUT2D eigenvalue weighted by molar-refractivity contribution is 7.47. The number of phosphoric acid groups is 1. The Hall–Kier alpha value is -1.51. The number of carbonyl (C=O) groups excluding carboxylic acids is 2. The summed E-state index contributed by atoms with van der Waals surface area (Å²) in [5.41, 5.74) is 5.36. The summed E-state index contributed by atoms with van der Waals surface area (Å²) in [5, 5.41) is 0. The summed E-state index contributed by atoms with van der Waals surface area (Å²) in [6.07, 6.45) is 49.3. The Labute approximate surface area is 357 Å². The predicted octanol–water partition coefficient (Wildman–Crippen LogP) is 14.3. The summed E-state index contributed by atoms with van der Waals surface area (Å²) in [5.74, 6) is -0.834. The van der Waals surface area contributed by atoms with Crippen molar-refractivity contribution in [2.24, 2.45) is 5.73 Å². The SMILES string of the molecule is CCCC/C=C/C/C=C/CCCCCCCC(=O)OC[C@H](COP(=O)(O)OCCN)OC(=O)CCCCCCCCCCCCCCCCCCCCCCCCC. The molecule has 0 rings (SSSR count). The molecule has 0 saturated carbocycles. The van der Waals surface area contributed by atoms with Gasteiger partial charge in [-0.25, -0.2) is 4.57 Å². The van der Waals surface area contributed by atoms with E-state index in [1.165, 1.54) is 141 Å². The average molecular weight is 842 g/mol. The van der Waals surface area contributed by atoms with E-state index in [1.807, 2.05) is 0 Å². The number of carbonyl (C=O) groups is 2. The molecule has 0 aliphatic carbocycles. The van der Waals surface area contributed by atoms with Gasteiger partial charge in [-0.15, -0.1) is 0 Å². The van der Waals surface area contributed by atoms with E-state index in [0.717, 1.165) is 64.2 Å². The summed E-state index contributed by atoms with van der Waals surface area (Å²) < 4.78 is 32.8. The Bertz CT molecular complexity index is 1010. The van der Waals surface area contributed by atoms with Gasteiger partial charge < -0.3 is 20.1 Å². The molecule has 9 nitrogen and oxygen atoms in total. The number of esters is 2. The molecule has 0 aliphatic rings. The van der Waals surface area contributed by atoms with Crippen molar-refractivity contribution >= 4 is 19.8 Å². The van der Waals surface area contributed by atoms with Crippen molar-refractivity contribution in [3.05, 3.63) is 24.3 Å². The monoisotopic (exact) mass is 842 g/mol. The molecular weight excluding hydrogens is 750 g/mol. The minimum Gasteiger partial charge on any atom is -0.462 e. The number of phosphoric ester groups is 1. The Kier molecular flexibility index (Phi) is 43.9. The van der Waals surface area contributed by atoms with Crippen LogP contribution in [0, 0.1) is 0 Å². The lowest BCUT2D eigenvalue weighted by Crippen LogP contribution is -2.29. The van der Waals surface area contributed by atoms with Crippen LogP contribution >= 0.6 is 7.82 Å². The molecule has 342 valence electrons. The van der Waals surface area contributed by atoms with Crippen molar-refractivity contribution in [1.29, 1.82) is 0 Å². The molecule has 0 radical (unpaired) electrons. The lowest BCUT2D eigenvalue weighted by molar-refractivity contribution is -0.161. The van der Waals surface area contributed by atoms with Gasteiger partial charge in [-0.2, -0.15) is 0 Å². The second kappa shape index (κ2) is 45.0. The Morgan fingerprint density at radius 3 is 1.36 bits per heavy atom. The first-order valence-corrected chi connectivity index (χ1v) is 25.8. The van der Waals surface area contributed by atoms with Crippen molar-refractivity contribution in [1.82, 2.24) is 0 Å². The molecule has 0 saturated heterocycles. The highest BCUT2D eigenvalue weighted by atomic mass is 31.2. The number of nitrogens with two attached hydrogens (primary N) is 1. The van der Waals surface area contributed by atoms with Crippen molar-refractivity contribution in [2.45, 2.75) is 245 Å².